The molecular formula is C30H43N5O3S. The van der Waals surface area contributed by atoms with Crippen LogP contribution in [0.2, 0.25) is 0 Å². The van der Waals surface area contributed by atoms with Gasteiger partial charge in [0.2, 0.25) is 10.0 Å². The second-order valence-electron chi connectivity index (χ2n) is 11.6. The number of hydrogen-bond donors (Lipinski definition) is 0. The average Bonchev–Trinajstić information content (AvgIpc) is 3.76. The molecule has 0 radical (unpaired) electrons. The molecule has 3 heterocycles. The average molecular weight is 554 g/mol. The first-order chi connectivity index (χ1) is 18.8. The van der Waals surface area contributed by atoms with Gasteiger partial charge in [0.25, 0.3) is 5.91 Å². The van der Waals surface area contributed by atoms with Gasteiger partial charge >= 0.3 is 0 Å². The van der Waals surface area contributed by atoms with Crippen LogP contribution in [0.4, 0.5) is 0 Å². The Balaban J connectivity index is 1.10. The van der Waals surface area contributed by atoms with Crippen LogP contribution in [0.15, 0.2) is 36.7 Å². The van der Waals surface area contributed by atoms with Crippen molar-refractivity contribution in [3.05, 3.63) is 59.2 Å². The molecule has 2 aliphatic heterocycles. The largest absolute Gasteiger partial charge is 0.337 e. The van der Waals surface area contributed by atoms with Gasteiger partial charge in [0, 0.05) is 43.5 Å². The molecule has 3 aliphatic rings. The van der Waals surface area contributed by atoms with Crippen molar-refractivity contribution in [1.29, 1.82) is 0 Å². The van der Waals surface area contributed by atoms with Crippen LogP contribution in [0, 0.1) is 12.8 Å². The first kappa shape index (κ1) is 28.2. The van der Waals surface area contributed by atoms with E-state index in [4.69, 9.17) is 0 Å². The summed E-state index contributed by atoms with van der Waals surface area (Å²) >= 11 is 0. The molecule has 5 rings (SSSR count). The molecule has 0 bridgehead atoms. The van der Waals surface area contributed by atoms with Gasteiger partial charge in [-0.3, -0.25) is 4.79 Å². The third-order valence-electron chi connectivity index (χ3n) is 9.38. The lowest BCUT2D eigenvalue weighted by Crippen LogP contribution is -2.52. The zero-order valence-corrected chi connectivity index (χ0v) is 24.4. The predicted octanol–water partition coefficient (Wildman–Crippen LogP) is 3.87. The van der Waals surface area contributed by atoms with E-state index in [1.54, 1.807) is 24.6 Å². The van der Waals surface area contributed by atoms with Gasteiger partial charge in [-0.1, -0.05) is 30.3 Å². The normalized spacial score (nSPS) is 23.3. The summed E-state index contributed by atoms with van der Waals surface area (Å²) in [6.07, 6.45) is 8.39. The lowest BCUT2D eigenvalue weighted by Gasteiger charge is -2.43. The van der Waals surface area contributed by atoms with Crippen molar-refractivity contribution in [3.8, 4) is 0 Å². The van der Waals surface area contributed by atoms with E-state index in [0.29, 0.717) is 23.6 Å². The molecule has 39 heavy (non-hydrogen) atoms. The topological polar surface area (TPSA) is 86.7 Å². The standard InChI is InChI=1S/C30H43N5O3S/c1-4-39(37,38)33(3)25-12-16-34(17-13-25)26-14-18-35(19-15-26)30(36)29-22(2)28(31-21-32-29)11-10-24-20-27(24)23-8-6-5-7-9-23/h5-9,21,24-27H,4,10-20H2,1-3H3/t24-,27+/m1/s1. The Morgan fingerprint density at radius 1 is 1.03 bits per heavy atom. The molecule has 0 unspecified atom stereocenters. The maximum absolute atomic E-state index is 13.4. The van der Waals surface area contributed by atoms with E-state index in [1.807, 2.05) is 11.8 Å². The first-order valence-electron chi connectivity index (χ1n) is 14.6. The molecule has 212 valence electrons. The van der Waals surface area contributed by atoms with Crippen LogP contribution in [0.3, 0.4) is 0 Å². The van der Waals surface area contributed by atoms with Crippen molar-refractivity contribution in [3.63, 3.8) is 0 Å². The molecular weight excluding hydrogens is 510 g/mol. The van der Waals surface area contributed by atoms with Crippen molar-refractivity contribution < 1.29 is 13.2 Å². The van der Waals surface area contributed by atoms with Crippen LogP contribution in [0.25, 0.3) is 0 Å². The van der Waals surface area contributed by atoms with E-state index >= 15 is 0 Å². The fraction of sp³-hybridized carbons (Fsp3) is 0.633. The molecule has 1 aromatic carbocycles. The molecule has 2 saturated heterocycles. The van der Waals surface area contributed by atoms with E-state index in [1.165, 1.54) is 12.0 Å². The van der Waals surface area contributed by atoms with Crippen LogP contribution in [-0.2, 0) is 16.4 Å². The van der Waals surface area contributed by atoms with E-state index in [9.17, 15) is 13.2 Å². The second-order valence-corrected chi connectivity index (χ2v) is 13.9. The van der Waals surface area contributed by atoms with Crippen LogP contribution in [0.1, 0.15) is 78.7 Å². The molecule has 3 fully saturated rings. The Kier molecular flexibility index (Phi) is 8.69. The third-order valence-corrected chi connectivity index (χ3v) is 11.3. The van der Waals surface area contributed by atoms with Gasteiger partial charge in [-0.25, -0.2) is 22.7 Å². The lowest BCUT2D eigenvalue weighted by molar-refractivity contribution is 0.0542. The SMILES string of the molecule is CCS(=O)(=O)N(C)C1CCN(C2CCN(C(=O)c3ncnc(CC[C@@H]4C[C@H]4c4ccccc4)c3C)CC2)CC1. The molecule has 2 aromatic rings. The van der Waals surface area contributed by atoms with Gasteiger partial charge < -0.3 is 9.80 Å². The Labute approximate surface area is 233 Å². The Bertz CT molecular complexity index is 1240. The molecule has 2 atom stereocenters. The number of benzene rings is 1. The number of carbonyl (C=O) groups excluding carboxylic acids is 1. The smallest absolute Gasteiger partial charge is 0.272 e. The summed E-state index contributed by atoms with van der Waals surface area (Å²) < 4.78 is 26.1. The first-order valence-corrected chi connectivity index (χ1v) is 16.2. The maximum Gasteiger partial charge on any atom is 0.272 e. The Hall–Kier alpha value is -2.36. The summed E-state index contributed by atoms with van der Waals surface area (Å²) in [6.45, 7) is 6.98. The van der Waals surface area contributed by atoms with Gasteiger partial charge in [-0.2, -0.15) is 0 Å². The van der Waals surface area contributed by atoms with Crippen LogP contribution in [0.5, 0.6) is 0 Å². The number of amides is 1. The number of piperidine rings is 2. The third kappa shape index (κ3) is 6.36. The number of aromatic nitrogens is 2. The Morgan fingerprint density at radius 3 is 2.38 bits per heavy atom. The van der Waals surface area contributed by atoms with Crippen LogP contribution in [-0.4, -0.2) is 89.5 Å². The molecule has 1 saturated carbocycles. The number of sulfonamides is 1. The lowest BCUT2D eigenvalue weighted by atomic mass is 9.97. The number of rotatable bonds is 9. The van der Waals surface area contributed by atoms with E-state index in [0.717, 1.165) is 76.0 Å². The van der Waals surface area contributed by atoms with Crippen LogP contribution >= 0.6 is 0 Å². The van der Waals surface area contributed by atoms with Gasteiger partial charge in [-0.05, 0) is 89.3 Å². The van der Waals surface area contributed by atoms with E-state index in [-0.39, 0.29) is 17.7 Å². The summed E-state index contributed by atoms with van der Waals surface area (Å²) in [7, 11) is -1.43. The van der Waals surface area contributed by atoms with Gasteiger partial charge in [0.05, 0.1) is 5.75 Å². The van der Waals surface area contributed by atoms with E-state index in [2.05, 4.69) is 45.2 Å². The van der Waals surface area contributed by atoms with E-state index < -0.39 is 10.0 Å². The highest BCUT2D eigenvalue weighted by molar-refractivity contribution is 7.89. The highest BCUT2D eigenvalue weighted by Gasteiger charge is 2.38. The highest BCUT2D eigenvalue weighted by atomic mass is 32.2. The molecule has 1 aromatic heterocycles. The number of carbonyl (C=O) groups is 1. The summed E-state index contributed by atoms with van der Waals surface area (Å²) in [5, 5.41) is 0. The summed E-state index contributed by atoms with van der Waals surface area (Å²) in [6, 6.07) is 11.3. The fourth-order valence-corrected chi connectivity index (χ4v) is 7.65. The minimum atomic E-state index is -3.15. The second kappa shape index (κ2) is 12.0. The molecule has 8 nitrogen and oxygen atoms in total. The summed E-state index contributed by atoms with van der Waals surface area (Å²) in [5.41, 5.74) is 3.91. The van der Waals surface area contributed by atoms with Crippen molar-refractivity contribution in [2.45, 2.75) is 76.8 Å². The number of hydrogen-bond acceptors (Lipinski definition) is 6. The predicted molar refractivity (Wildman–Crippen MR) is 153 cm³/mol. The van der Waals surface area contributed by atoms with Gasteiger partial charge in [-0.15, -0.1) is 0 Å². The molecule has 9 heteroatoms. The van der Waals surface area contributed by atoms with Gasteiger partial charge in [0.1, 0.15) is 12.0 Å². The van der Waals surface area contributed by atoms with Gasteiger partial charge in [0.15, 0.2) is 0 Å². The molecule has 0 spiro atoms. The maximum atomic E-state index is 13.4. The zero-order chi connectivity index (χ0) is 27.6. The quantitative estimate of drug-likeness (QED) is 0.469. The Morgan fingerprint density at radius 2 is 1.72 bits per heavy atom. The fourth-order valence-electron chi connectivity index (χ4n) is 6.58. The monoisotopic (exact) mass is 553 g/mol. The minimum Gasteiger partial charge on any atom is -0.337 e. The molecule has 0 N–H and O–H groups in total. The van der Waals surface area contributed by atoms with Crippen molar-refractivity contribution in [2.24, 2.45) is 5.92 Å². The molecule has 1 amide bonds. The van der Waals surface area contributed by atoms with Crippen molar-refractivity contribution in [1.82, 2.24) is 24.1 Å². The zero-order valence-electron chi connectivity index (χ0n) is 23.6. The van der Waals surface area contributed by atoms with Crippen molar-refractivity contribution >= 4 is 15.9 Å². The summed E-state index contributed by atoms with van der Waals surface area (Å²) in [4.78, 5) is 26.9. The van der Waals surface area contributed by atoms with Crippen LogP contribution < -0.4 is 0 Å². The molecule has 1 aliphatic carbocycles. The minimum absolute atomic E-state index is 0.0216. The number of likely N-dealkylation sites (tertiary alicyclic amines) is 2. The summed E-state index contributed by atoms with van der Waals surface area (Å²) in [5.74, 6) is 1.53. The highest BCUT2D eigenvalue weighted by Crippen LogP contribution is 2.49. The number of nitrogens with zero attached hydrogens (tertiary/aromatic N) is 5. The number of aryl methyl sites for hydroxylation is 1. The van der Waals surface area contributed by atoms with Crippen molar-refractivity contribution in [2.75, 3.05) is 39.0 Å².